The van der Waals surface area contributed by atoms with Crippen molar-refractivity contribution in [2.45, 2.75) is 24.1 Å². The van der Waals surface area contributed by atoms with E-state index >= 15 is 0 Å². The van der Waals surface area contributed by atoms with Crippen LogP contribution in [0.15, 0.2) is 17.3 Å². The van der Waals surface area contributed by atoms with Crippen LogP contribution < -0.4 is 0 Å². The minimum absolute atomic E-state index is 0.00565. The summed E-state index contributed by atoms with van der Waals surface area (Å²) >= 11 is 0.921. The minimum atomic E-state index is -1.01. The number of nitro groups is 1. The number of carboxylic acid groups (broad SMARTS) is 1. The van der Waals surface area contributed by atoms with Crippen molar-refractivity contribution in [3.05, 3.63) is 27.9 Å². The van der Waals surface area contributed by atoms with E-state index in [1.165, 1.54) is 0 Å². The second-order valence-corrected chi connectivity index (χ2v) is 5.17. The van der Waals surface area contributed by atoms with Crippen LogP contribution in [-0.4, -0.2) is 26.2 Å². The Kier molecular flexibility index (Phi) is 4.83. The van der Waals surface area contributed by atoms with Crippen molar-refractivity contribution < 1.29 is 14.8 Å². The van der Waals surface area contributed by atoms with Gasteiger partial charge in [-0.3, -0.25) is 14.9 Å². The third-order valence-electron chi connectivity index (χ3n) is 2.26. The highest BCUT2D eigenvalue weighted by atomic mass is 32.2. The highest BCUT2D eigenvalue weighted by Crippen LogP contribution is 2.30. The molecule has 0 bridgehead atoms. The van der Waals surface area contributed by atoms with Crippen molar-refractivity contribution in [3.8, 4) is 6.07 Å². The number of carbonyl (C=O) groups is 1. The Morgan fingerprint density at radius 3 is 2.68 bits per heavy atom. The maximum atomic E-state index is 11.1. The molecule has 0 saturated carbocycles. The van der Waals surface area contributed by atoms with Gasteiger partial charge in [-0.1, -0.05) is 25.6 Å². The molecule has 1 unspecified atom stereocenters. The fourth-order valence-electron chi connectivity index (χ4n) is 1.31. The van der Waals surface area contributed by atoms with Crippen LogP contribution in [0.5, 0.6) is 0 Å². The standard InChI is InChI=1S/C11H11N3O4S/c1-6(2)9(11(15)16)19-10-7(4-12)3-8(5-13-10)14(17)18/h3,5-6,9H,1-2H3,(H,15,16). The quantitative estimate of drug-likeness (QED) is 0.498. The maximum Gasteiger partial charge on any atom is 0.317 e. The summed E-state index contributed by atoms with van der Waals surface area (Å²) in [5.41, 5.74) is -0.288. The van der Waals surface area contributed by atoms with Crippen LogP contribution in [0.2, 0.25) is 0 Å². The molecule has 0 saturated heterocycles. The molecule has 1 N–H and O–H groups in total. The van der Waals surface area contributed by atoms with Gasteiger partial charge in [-0.05, 0) is 5.92 Å². The molecule has 19 heavy (non-hydrogen) atoms. The van der Waals surface area contributed by atoms with Gasteiger partial charge in [0.05, 0.1) is 10.5 Å². The topological polar surface area (TPSA) is 117 Å². The SMILES string of the molecule is CC(C)C(Sc1ncc([N+](=O)[O-])cc1C#N)C(=O)O. The Morgan fingerprint density at radius 2 is 2.26 bits per heavy atom. The van der Waals surface area contributed by atoms with E-state index in [1.54, 1.807) is 19.9 Å². The lowest BCUT2D eigenvalue weighted by molar-refractivity contribution is -0.385. The zero-order valence-corrected chi connectivity index (χ0v) is 11.0. The molecule has 7 nitrogen and oxygen atoms in total. The molecule has 0 fully saturated rings. The summed E-state index contributed by atoms with van der Waals surface area (Å²) in [6.45, 7) is 3.48. The Morgan fingerprint density at radius 1 is 1.63 bits per heavy atom. The van der Waals surface area contributed by atoms with E-state index in [9.17, 15) is 14.9 Å². The molecule has 0 aliphatic heterocycles. The van der Waals surface area contributed by atoms with Crippen LogP contribution >= 0.6 is 11.8 Å². The monoisotopic (exact) mass is 281 g/mol. The number of aromatic nitrogens is 1. The summed E-state index contributed by atoms with van der Waals surface area (Å²) in [4.78, 5) is 24.8. The Bertz CT molecular complexity index is 553. The van der Waals surface area contributed by atoms with Gasteiger partial charge in [0.25, 0.3) is 5.69 Å². The van der Waals surface area contributed by atoms with E-state index in [2.05, 4.69) is 4.98 Å². The first kappa shape index (κ1) is 14.9. The number of nitriles is 1. The molecule has 0 aliphatic carbocycles. The van der Waals surface area contributed by atoms with Crippen molar-refractivity contribution in [3.63, 3.8) is 0 Å². The lowest BCUT2D eigenvalue weighted by Crippen LogP contribution is -2.22. The van der Waals surface area contributed by atoms with Crippen LogP contribution in [-0.2, 0) is 4.79 Å². The average Bonchev–Trinajstić information content (AvgIpc) is 2.34. The first-order valence-corrected chi connectivity index (χ1v) is 6.18. The van der Waals surface area contributed by atoms with Crippen molar-refractivity contribution in [1.82, 2.24) is 4.98 Å². The average molecular weight is 281 g/mol. The number of rotatable bonds is 5. The number of aliphatic carboxylic acids is 1. The third kappa shape index (κ3) is 3.66. The number of hydrogen-bond donors (Lipinski definition) is 1. The normalized spacial score (nSPS) is 11.9. The van der Waals surface area contributed by atoms with Crippen LogP contribution in [0, 0.1) is 27.4 Å². The smallest absolute Gasteiger partial charge is 0.317 e. The molecular formula is C11H11N3O4S. The molecule has 0 spiro atoms. The molecule has 100 valence electrons. The van der Waals surface area contributed by atoms with Crippen LogP contribution in [0.25, 0.3) is 0 Å². The predicted octanol–water partition coefficient (Wildman–Crippen LogP) is 2.06. The number of thioether (sulfide) groups is 1. The summed E-state index contributed by atoms with van der Waals surface area (Å²) in [6, 6.07) is 2.89. The molecule has 1 heterocycles. The number of carboxylic acids is 1. The lowest BCUT2D eigenvalue weighted by atomic mass is 10.1. The highest BCUT2D eigenvalue weighted by molar-refractivity contribution is 8.00. The van der Waals surface area contributed by atoms with E-state index in [-0.39, 0.29) is 22.2 Å². The van der Waals surface area contributed by atoms with Crippen molar-refractivity contribution in [1.29, 1.82) is 5.26 Å². The molecule has 1 rings (SSSR count). The molecule has 8 heteroatoms. The van der Waals surface area contributed by atoms with Gasteiger partial charge in [0, 0.05) is 6.07 Å². The molecule has 1 aromatic heterocycles. The van der Waals surface area contributed by atoms with Crippen molar-refractivity contribution in [2.24, 2.45) is 5.92 Å². The van der Waals surface area contributed by atoms with Gasteiger partial charge in [0.15, 0.2) is 0 Å². The third-order valence-corrected chi connectivity index (χ3v) is 3.80. The second-order valence-electron chi connectivity index (χ2n) is 4.04. The molecule has 0 radical (unpaired) electrons. The zero-order chi connectivity index (χ0) is 14.6. The Hall–Kier alpha value is -2.14. The lowest BCUT2D eigenvalue weighted by Gasteiger charge is -2.15. The van der Waals surface area contributed by atoms with Gasteiger partial charge in [-0.2, -0.15) is 5.26 Å². The Balaban J connectivity index is 3.11. The fourth-order valence-corrected chi connectivity index (χ4v) is 2.27. The fraction of sp³-hybridized carbons (Fsp3) is 0.364. The van der Waals surface area contributed by atoms with E-state index in [1.807, 2.05) is 0 Å². The van der Waals surface area contributed by atoms with Crippen molar-refractivity contribution in [2.75, 3.05) is 0 Å². The van der Waals surface area contributed by atoms with Gasteiger partial charge < -0.3 is 5.11 Å². The summed E-state index contributed by atoms with van der Waals surface area (Å²) in [7, 11) is 0. The molecule has 1 aromatic rings. The summed E-state index contributed by atoms with van der Waals surface area (Å²) in [5.74, 6) is -1.17. The van der Waals surface area contributed by atoms with Gasteiger partial charge in [-0.25, -0.2) is 4.98 Å². The number of pyridine rings is 1. The summed E-state index contributed by atoms with van der Waals surface area (Å²) < 4.78 is 0. The van der Waals surface area contributed by atoms with E-state index in [0.717, 1.165) is 24.0 Å². The molecule has 0 aromatic carbocycles. The van der Waals surface area contributed by atoms with Crippen LogP contribution in [0.1, 0.15) is 19.4 Å². The number of nitrogens with zero attached hydrogens (tertiary/aromatic N) is 3. The molecule has 0 amide bonds. The summed E-state index contributed by atoms with van der Waals surface area (Å²) in [6.07, 6.45) is 1.02. The van der Waals surface area contributed by atoms with E-state index in [0.29, 0.717) is 0 Å². The molecular weight excluding hydrogens is 270 g/mol. The van der Waals surface area contributed by atoms with Gasteiger partial charge >= 0.3 is 5.97 Å². The molecule has 1 atom stereocenters. The Labute approximate surface area is 113 Å². The largest absolute Gasteiger partial charge is 0.480 e. The summed E-state index contributed by atoms with van der Waals surface area (Å²) in [5, 5.41) is 28.0. The van der Waals surface area contributed by atoms with Crippen LogP contribution in [0.3, 0.4) is 0 Å². The van der Waals surface area contributed by atoms with E-state index < -0.39 is 16.1 Å². The first-order chi connectivity index (χ1) is 8.86. The maximum absolute atomic E-state index is 11.1. The number of hydrogen-bond acceptors (Lipinski definition) is 6. The minimum Gasteiger partial charge on any atom is -0.480 e. The highest BCUT2D eigenvalue weighted by Gasteiger charge is 2.25. The van der Waals surface area contributed by atoms with Crippen LogP contribution in [0.4, 0.5) is 5.69 Å². The second kappa shape index (κ2) is 6.15. The first-order valence-electron chi connectivity index (χ1n) is 5.30. The van der Waals surface area contributed by atoms with Crippen molar-refractivity contribution >= 4 is 23.4 Å². The zero-order valence-electron chi connectivity index (χ0n) is 10.2. The van der Waals surface area contributed by atoms with Gasteiger partial charge in [-0.15, -0.1) is 0 Å². The van der Waals surface area contributed by atoms with Gasteiger partial charge in [0.2, 0.25) is 0 Å². The predicted molar refractivity (Wildman–Crippen MR) is 67.7 cm³/mol. The molecule has 0 aliphatic rings. The van der Waals surface area contributed by atoms with Gasteiger partial charge in [0.1, 0.15) is 22.5 Å². The van der Waals surface area contributed by atoms with E-state index in [4.69, 9.17) is 10.4 Å².